The number of rotatable bonds is 5. The lowest BCUT2D eigenvalue weighted by Crippen LogP contribution is -2.08. The Kier molecular flexibility index (Phi) is 5.30. The van der Waals surface area contributed by atoms with Gasteiger partial charge in [0, 0.05) is 25.4 Å². The number of benzene rings is 2. The van der Waals surface area contributed by atoms with Gasteiger partial charge in [-0.05, 0) is 35.4 Å². The standard InChI is InChI=1S/C20H17F3N2O2/c1-27-19(26)16-4-2-3-15(11-16)13-25-10-9-24-18(25)12-14-5-7-17(8-6-14)20(21,22)23/h2-11H,12-13H2,1H3. The number of imidazole rings is 1. The van der Waals surface area contributed by atoms with Crippen molar-refractivity contribution in [2.75, 3.05) is 7.11 Å². The first-order valence-corrected chi connectivity index (χ1v) is 8.20. The lowest BCUT2D eigenvalue weighted by molar-refractivity contribution is -0.137. The van der Waals surface area contributed by atoms with E-state index in [2.05, 4.69) is 4.98 Å². The highest BCUT2D eigenvalue weighted by atomic mass is 19.4. The van der Waals surface area contributed by atoms with E-state index in [1.54, 1.807) is 30.6 Å². The van der Waals surface area contributed by atoms with Crippen molar-refractivity contribution in [2.45, 2.75) is 19.1 Å². The average Bonchev–Trinajstić information content (AvgIpc) is 3.07. The second-order valence-corrected chi connectivity index (χ2v) is 6.03. The molecule has 7 heteroatoms. The summed E-state index contributed by atoms with van der Waals surface area (Å²) >= 11 is 0. The molecule has 0 aliphatic heterocycles. The second kappa shape index (κ2) is 7.65. The molecule has 0 aliphatic carbocycles. The SMILES string of the molecule is COC(=O)c1cccc(Cn2ccnc2Cc2ccc(C(F)(F)F)cc2)c1. The third kappa shape index (κ3) is 4.55. The maximum Gasteiger partial charge on any atom is 0.416 e. The Balaban J connectivity index is 1.76. The molecule has 0 unspecified atom stereocenters. The molecule has 0 aliphatic rings. The number of alkyl halides is 3. The fraction of sp³-hybridized carbons (Fsp3) is 0.200. The van der Waals surface area contributed by atoms with Crippen molar-refractivity contribution in [3.05, 3.63) is 89.0 Å². The monoisotopic (exact) mass is 374 g/mol. The quantitative estimate of drug-likeness (QED) is 0.625. The van der Waals surface area contributed by atoms with Gasteiger partial charge in [-0.25, -0.2) is 9.78 Å². The molecular formula is C20H17F3N2O2. The molecule has 3 aromatic rings. The van der Waals surface area contributed by atoms with Crippen molar-refractivity contribution in [1.82, 2.24) is 9.55 Å². The van der Waals surface area contributed by atoms with E-state index in [1.165, 1.54) is 19.2 Å². The van der Waals surface area contributed by atoms with Gasteiger partial charge in [0.05, 0.1) is 18.2 Å². The summed E-state index contributed by atoms with van der Waals surface area (Å²) in [7, 11) is 1.33. The average molecular weight is 374 g/mol. The van der Waals surface area contributed by atoms with Crippen LogP contribution in [0.1, 0.15) is 32.9 Å². The van der Waals surface area contributed by atoms with E-state index in [0.29, 0.717) is 18.5 Å². The normalized spacial score (nSPS) is 11.4. The van der Waals surface area contributed by atoms with Gasteiger partial charge in [-0.1, -0.05) is 24.3 Å². The molecule has 0 saturated carbocycles. The molecule has 27 heavy (non-hydrogen) atoms. The maximum absolute atomic E-state index is 12.7. The Morgan fingerprint density at radius 1 is 1.11 bits per heavy atom. The molecule has 0 fully saturated rings. The number of ether oxygens (including phenoxy) is 1. The minimum atomic E-state index is -4.35. The van der Waals surface area contributed by atoms with Crippen molar-refractivity contribution < 1.29 is 22.7 Å². The van der Waals surface area contributed by atoms with Crippen molar-refractivity contribution in [1.29, 1.82) is 0 Å². The van der Waals surface area contributed by atoms with Gasteiger partial charge in [-0.2, -0.15) is 13.2 Å². The van der Waals surface area contributed by atoms with E-state index < -0.39 is 17.7 Å². The van der Waals surface area contributed by atoms with Crippen molar-refractivity contribution in [3.63, 3.8) is 0 Å². The van der Waals surface area contributed by atoms with Crippen LogP contribution in [0.2, 0.25) is 0 Å². The summed E-state index contributed by atoms with van der Waals surface area (Å²) in [5.74, 6) is 0.311. The van der Waals surface area contributed by atoms with Gasteiger partial charge in [-0.15, -0.1) is 0 Å². The summed E-state index contributed by atoms with van der Waals surface area (Å²) in [6.07, 6.45) is -0.503. The highest BCUT2D eigenvalue weighted by Crippen LogP contribution is 2.29. The van der Waals surface area contributed by atoms with Crippen LogP contribution < -0.4 is 0 Å². The number of aromatic nitrogens is 2. The van der Waals surface area contributed by atoms with Crippen molar-refractivity contribution in [3.8, 4) is 0 Å². The molecule has 0 N–H and O–H groups in total. The second-order valence-electron chi connectivity index (χ2n) is 6.03. The summed E-state index contributed by atoms with van der Waals surface area (Å²) in [6.45, 7) is 0.487. The molecule has 0 spiro atoms. The van der Waals surface area contributed by atoms with Crippen LogP contribution in [0.3, 0.4) is 0 Å². The first kappa shape index (κ1) is 18.7. The minimum absolute atomic E-state index is 0.405. The van der Waals surface area contributed by atoms with Gasteiger partial charge in [-0.3, -0.25) is 0 Å². The molecule has 0 saturated heterocycles. The third-order valence-corrected chi connectivity index (χ3v) is 4.15. The van der Waals surface area contributed by atoms with Crippen LogP contribution in [0.25, 0.3) is 0 Å². The Morgan fingerprint density at radius 2 is 1.85 bits per heavy atom. The Labute approximate surface area is 154 Å². The molecule has 2 aromatic carbocycles. The van der Waals surface area contributed by atoms with Gasteiger partial charge < -0.3 is 9.30 Å². The molecule has 4 nitrogen and oxygen atoms in total. The molecule has 0 bridgehead atoms. The Morgan fingerprint density at radius 3 is 2.52 bits per heavy atom. The van der Waals surface area contributed by atoms with Gasteiger partial charge in [0.1, 0.15) is 5.82 Å². The van der Waals surface area contributed by atoms with Gasteiger partial charge in [0.15, 0.2) is 0 Å². The fourth-order valence-electron chi connectivity index (χ4n) is 2.76. The van der Waals surface area contributed by atoms with Crippen LogP contribution in [0, 0.1) is 0 Å². The lowest BCUT2D eigenvalue weighted by atomic mass is 10.1. The minimum Gasteiger partial charge on any atom is -0.465 e. The van der Waals surface area contributed by atoms with Crippen LogP contribution in [0.5, 0.6) is 0 Å². The summed E-state index contributed by atoms with van der Waals surface area (Å²) in [5, 5.41) is 0. The van der Waals surface area contributed by atoms with Crippen LogP contribution in [-0.2, 0) is 23.9 Å². The van der Waals surface area contributed by atoms with Crippen LogP contribution in [-0.4, -0.2) is 22.6 Å². The fourth-order valence-corrected chi connectivity index (χ4v) is 2.76. The van der Waals surface area contributed by atoms with Gasteiger partial charge >= 0.3 is 12.1 Å². The van der Waals surface area contributed by atoms with Crippen LogP contribution in [0.15, 0.2) is 60.9 Å². The zero-order valence-electron chi connectivity index (χ0n) is 14.5. The lowest BCUT2D eigenvalue weighted by Gasteiger charge is -2.10. The van der Waals surface area contributed by atoms with Crippen molar-refractivity contribution in [2.24, 2.45) is 0 Å². The summed E-state index contributed by atoms with van der Waals surface area (Å²) in [4.78, 5) is 16.0. The smallest absolute Gasteiger partial charge is 0.416 e. The summed E-state index contributed by atoms with van der Waals surface area (Å²) < 4.78 is 44.6. The number of halogens is 3. The predicted molar refractivity (Wildman–Crippen MR) is 93.4 cm³/mol. The molecular weight excluding hydrogens is 357 g/mol. The van der Waals surface area contributed by atoms with Crippen LogP contribution >= 0.6 is 0 Å². The first-order chi connectivity index (χ1) is 12.9. The van der Waals surface area contributed by atoms with Gasteiger partial charge in [0.25, 0.3) is 0 Å². The van der Waals surface area contributed by atoms with Gasteiger partial charge in [0.2, 0.25) is 0 Å². The third-order valence-electron chi connectivity index (χ3n) is 4.15. The highest BCUT2D eigenvalue weighted by molar-refractivity contribution is 5.89. The first-order valence-electron chi connectivity index (χ1n) is 8.20. The molecule has 3 rings (SSSR count). The predicted octanol–water partition coefficient (Wildman–Crippen LogP) is 4.33. The summed E-state index contributed by atoms with van der Waals surface area (Å²) in [5.41, 5.74) is 1.41. The Hall–Kier alpha value is -3.09. The largest absolute Gasteiger partial charge is 0.465 e. The van der Waals surface area contributed by atoms with E-state index in [9.17, 15) is 18.0 Å². The zero-order valence-corrected chi connectivity index (χ0v) is 14.5. The van der Waals surface area contributed by atoms with E-state index in [-0.39, 0.29) is 0 Å². The molecule has 0 amide bonds. The van der Waals surface area contributed by atoms with E-state index in [1.807, 2.05) is 10.6 Å². The Bertz CT molecular complexity index is 931. The zero-order chi connectivity index (χ0) is 19.4. The highest BCUT2D eigenvalue weighted by Gasteiger charge is 2.29. The molecule has 140 valence electrons. The maximum atomic E-state index is 12.7. The van der Waals surface area contributed by atoms with E-state index in [4.69, 9.17) is 4.74 Å². The number of hydrogen-bond acceptors (Lipinski definition) is 3. The number of methoxy groups -OCH3 is 1. The number of hydrogen-bond donors (Lipinski definition) is 0. The number of nitrogens with zero attached hydrogens (tertiary/aromatic N) is 2. The number of esters is 1. The molecule has 0 atom stereocenters. The molecule has 0 radical (unpaired) electrons. The molecule has 1 aromatic heterocycles. The van der Waals surface area contributed by atoms with Crippen molar-refractivity contribution >= 4 is 5.97 Å². The topological polar surface area (TPSA) is 44.1 Å². The number of carbonyl (C=O) groups is 1. The number of carbonyl (C=O) groups excluding carboxylic acids is 1. The van der Waals surface area contributed by atoms with Crippen LogP contribution in [0.4, 0.5) is 13.2 Å². The van der Waals surface area contributed by atoms with E-state index in [0.717, 1.165) is 29.1 Å². The summed E-state index contributed by atoms with van der Waals surface area (Å²) in [6, 6.07) is 12.1. The van der Waals surface area contributed by atoms with E-state index >= 15 is 0 Å². The molecule has 1 heterocycles.